The molecular weight excluding hydrogens is 375 g/mol. The summed E-state index contributed by atoms with van der Waals surface area (Å²) in [6, 6.07) is 12.3. The number of nitrogens with zero attached hydrogens (tertiary/aromatic N) is 2. The summed E-state index contributed by atoms with van der Waals surface area (Å²) in [5, 5.41) is 9.83. The fourth-order valence-electron chi connectivity index (χ4n) is 3.28. The van der Waals surface area contributed by atoms with E-state index in [2.05, 4.69) is 15.7 Å². The van der Waals surface area contributed by atoms with Crippen LogP contribution in [0.1, 0.15) is 19.4 Å². The van der Waals surface area contributed by atoms with Crippen molar-refractivity contribution in [1.29, 1.82) is 0 Å². The van der Waals surface area contributed by atoms with Gasteiger partial charge >= 0.3 is 0 Å². The standard InChI is InChI=1S/C21H19FN4O3/c1-2-29-18-6-4-3-5-16(18)24-19(27)11-17-21(28)25-20-15(12-23-26(17)20)13-7-9-14(22)10-8-13/h3-10,12,17H,2,11H2,1H3,(H,24,27)(H,25,28). The molecule has 0 aliphatic carbocycles. The Balaban J connectivity index is 1.52. The highest BCUT2D eigenvalue weighted by Crippen LogP contribution is 2.36. The van der Waals surface area contributed by atoms with Gasteiger partial charge in [-0.1, -0.05) is 24.3 Å². The Morgan fingerprint density at radius 3 is 2.76 bits per heavy atom. The number of para-hydroxylation sites is 2. The molecule has 0 saturated carbocycles. The summed E-state index contributed by atoms with van der Waals surface area (Å²) in [5.41, 5.74) is 1.94. The number of anilines is 2. The summed E-state index contributed by atoms with van der Waals surface area (Å²) in [6.07, 6.45) is 1.52. The van der Waals surface area contributed by atoms with E-state index in [0.717, 1.165) is 5.56 Å². The predicted molar refractivity (Wildman–Crippen MR) is 106 cm³/mol. The van der Waals surface area contributed by atoms with E-state index >= 15 is 0 Å². The minimum absolute atomic E-state index is 0.0795. The minimum Gasteiger partial charge on any atom is -0.492 e. The lowest BCUT2D eigenvalue weighted by atomic mass is 10.1. The van der Waals surface area contributed by atoms with Crippen LogP contribution in [0.15, 0.2) is 54.7 Å². The minimum atomic E-state index is -0.765. The number of aromatic nitrogens is 2. The van der Waals surface area contributed by atoms with Gasteiger partial charge in [0.2, 0.25) is 5.91 Å². The van der Waals surface area contributed by atoms with Gasteiger partial charge in [0.1, 0.15) is 23.4 Å². The topological polar surface area (TPSA) is 85.2 Å². The zero-order chi connectivity index (χ0) is 20.4. The van der Waals surface area contributed by atoms with Gasteiger partial charge < -0.3 is 15.4 Å². The van der Waals surface area contributed by atoms with E-state index in [1.165, 1.54) is 16.8 Å². The number of nitrogens with one attached hydrogen (secondary N) is 2. The van der Waals surface area contributed by atoms with Gasteiger partial charge in [-0.3, -0.25) is 9.59 Å². The zero-order valence-corrected chi connectivity index (χ0v) is 15.7. The molecule has 1 atom stereocenters. The van der Waals surface area contributed by atoms with Crippen LogP contribution in [0.3, 0.4) is 0 Å². The third-order valence-electron chi connectivity index (χ3n) is 4.63. The van der Waals surface area contributed by atoms with E-state index in [4.69, 9.17) is 4.74 Å². The molecule has 2 aromatic carbocycles. The third-order valence-corrected chi connectivity index (χ3v) is 4.63. The molecular formula is C21H19FN4O3. The first kappa shape index (κ1) is 18.7. The van der Waals surface area contributed by atoms with Crippen molar-refractivity contribution < 1.29 is 18.7 Å². The summed E-state index contributed by atoms with van der Waals surface area (Å²) in [7, 11) is 0. The van der Waals surface area contributed by atoms with Crippen LogP contribution in [0.2, 0.25) is 0 Å². The van der Waals surface area contributed by atoms with Gasteiger partial charge in [-0.25, -0.2) is 9.07 Å². The second-order valence-corrected chi connectivity index (χ2v) is 6.54. The van der Waals surface area contributed by atoms with Gasteiger partial charge in [-0.2, -0.15) is 5.10 Å². The fourth-order valence-corrected chi connectivity index (χ4v) is 3.28. The predicted octanol–water partition coefficient (Wildman–Crippen LogP) is 3.61. The molecule has 2 heterocycles. The molecule has 1 aromatic heterocycles. The Morgan fingerprint density at radius 2 is 2.00 bits per heavy atom. The molecule has 0 spiro atoms. The maximum atomic E-state index is 13.2. The molecule has 4 rings (SSSR count). The molecule has 0 saturated heterocycles. The van der Waals surface area contributed by atoms with Gasteiger partial charge in [0.15, 0.2) is 0 Å². The maximum absolute atomic E-state index is 13.2. The van der Waals surface area contributed by atoms with Crippen LogP contribution in [-0.2, 0) is 9.59 Å². The average Bonchev–Trinajstić information content (AvgIpc) is 3.24. The second kappa shape index (κ2) is 7.75. The van der Waals surface area contributed by atoms with Crippen LogP contribution in [0.4, 0.5) is 15.9 Å². The Bertz CT molecular complexity index is 1060. The molecule has 3 aromatic rings. The molecule has 0 fully saturated rings. The molecule has 1 aliphatic heterocycles. The number of fused-ring (bicyclic) bond motifs is 1. The molecule has 2 amide bonds. The summed E-state index contributed by atoms with van der Waals surface area (Å²) in [5.74, 6) is 0.0730. The number of benzene rings is 2. The van der Waals surface area contributed by atoms with Crippen LogP contribution in [0, 0.1) is 5.82 Å². The highest BCUT2D eigenvalue weighted by atomic mass is 19.1. The normalized spacial score (nSPS) is 15.0. The Kier molecular flexibility index (Phi) is 4.99. The first-order valence-corrected chi connectivity index (χ1v) is 9.23. The van der Waals surface area contributed by atoms with Crippen LogP contribution < -0.4 is 15.4 Å². The molecule has 29 heavy (non-hydrogen) atoms. The van der Waals surface area contributed by atoms with Gasteiger partial charge in [-0.15, -0.1) is 0 Å². The molecule has 0 radical (unpaired) electrons. The summed E-state index contributed by atoms with van der Waals surface area (Å²) < 4.78 is 20.2. The average molecular weight is 394 g/mol. The lowest BCUT2D eigenvalue weighted by Crippen LogP contribution is -2.23. The molecule has 8 heteroatoms. The van der Waals surface area contributed by atoms with Gasteiger partial charge in [0, 0.05) is 5.56 Å². The zero-order valence-electron chi connectivity index (χ0n) is 15.7. The van der Waals surface area contributed by atoms with Crippen molar-refractivity contribution in [3.05, 3.63) is 60.5 Å². The molecule has 2 N–H and O–H groups in total. The molecule has 148 valence electrons. The first-order valence-electron chi connectivity index (χ1n) is 9.23. The van der Waals surface area contributed by atoms with Crippen molar-refractivity contribution >= 4 is 23.3 Å². The molecule has 1 aliphatic rings. The maximum Gasteiger partial charge on any atom is 0.251 e. The third kappa shape index (κ3) is 3.69. The number of halogens is 1. The van der Waals surface area contributed by atoms with E-state index in [9.17, 15) is 14.0 Å². The lowest BCUT2D eigenvalue weighted by Gasteiger charge is -2.13. The van der Waals surface area contributed by atoms with Gasteiger partial charge in [0.25, 0.3) is 5.91 Å². The van der Waals surface area contributed by atoms with Gasteiger partial charge in [-0.05, 0) is 36.8 Å². The van der Waals surface area contributed by atoms with Crippen LogP contribution in [-0.4, -0.2) is 28.2 Å². The number of hydrogen-bond donors (Lipinski definition) is 2. The summed E-state index contributed by atoms with van der Waals surface area (Å²) >= 11 is 0. The SMILES string of the molecule is CCOc1ccccc1NC(=O)CC1C(=O)Nc2c(-c3ccc(F)cc3)cnn21. The number of ether oxygens (including phenoxy) is 1. The highest BCUT2D eigenvalue weighted by Gasteiger charge is 2.35. The Morgan fingerprint density at radius 1 is 1.24 bits per heavy atom. The largest absolute Gasteiger partial charge is 0.492 e. The number of carbonyl (C=O) groups excluding carboxylic acids is 2. The van der Waals surface area contributed by atoms with Crippen molar-refractivity contribution in [2.75, 3.05) is 17.2 Å². The summed E-state index contributed by atoms with van der Waals surface area (Å²) in [4.78, 5) is 25.0. The van der Waals surface area contributed by atoms with Crippen LogP contribution in [0.5, 0.6) is 5.75 Å². The van der Waals surface area contributed by atoms with Crippen LogP contribution >= 0.6 is 0 Å². The highest BCUT2D eigenvalue weighted by molar-refractivity contribution is 6.04. The van der Waals surface area contributed by atoms with E-state index in [0.29, 0.717) is 29.4 Å². The lowest BCUT2D eigenvalue weighted by molar-refractivity contribution is -0.123. The summed E-state index contributed by atoms with van der Waals surface area (Å²) in [6.45, 7) is 2.33. The molecule has 1 unspecified atom stereocenters. The van der Waals surface area contributed by atoms with E-state index in [1.54, 1.807) is 36.5 Å². The quantitative estimate of drug-likeness (QED) is 0.669. The van der Waals surface area contributed by atoms with Crippen molar-refractivity contribution in [3.8, 4) is 16.9 Å². The van der Waals surface area contributed by atoms with Crippen molar-refractivity contribution in [2.45, 2.75) is 19.4 Å². The van der Waals surface area contributed by atoms with Crippen molar-refractivity contribution in [2.24, 2.45) is 0 Å². The van der Waals surface area contributed by atoms with Gasteiger partial charge in [0.05, 0.1) is 24.9 Å². The smallest absolute Gasteiger partial charge is 0.251 e. The Labute approximate surface area is 166 Å². The second-order valence-electron chi connectivity index (χ2n) is 6.54. The van der Waals surface area contributed by atoms with E-state index < -0.39 is 6.04 Å². The van der Waals surface area contributed by atoms with Crippen molar-refractivity contribution in [1.82, 2.24) is 9.78 Å². The number of hydrogen-bond acceptors (Lipinski definition) is 4. The van der Waals surface area contributed by atoms with E-state index in [1.807, 2.05) is 13.0 Å². The van der Waals surface area contributed by atoms with Crippen LogP contribution in [0.25, 0.3) is 11.1 Å². The fraction of sp³-hybridized carbons (Fsp3) is 0.190. The molecule has 0 bridgehead atoms. The first-order chi connectivity index (χ1) is 14.1. The van der Waals surface area contributed by atoms with E-state index in [-0.39, 0.29) is 24.1 Å². The Hall–Kier alpha value is -3.68. The number of carbonyl (C=O) groups is 2. The number of amides is 2. The molecule has 7 nitrogen and oxygen atoms in total. The van der Waals surface area contributed by atoms with Crippen molar-refractivity contribution in [3.63, 3.8) is 0 Å². The number of rotatable bonds is 6. The monoisotopic (exact) mass is 394 g/mol.